The van der Waals surface area contributed by atoms with Crippen molar-refractivity contribution in [3.05, 3.63) is 68.7 Å². The zero-order valence-corrected chi connectivity index (χ0v) is 18.7. The van der Waals surface area contributed by atoms with Gasteiger partial charge in [-0.1, -0.05) is 37.6 Å². The summed E-state index contributed by atoms with van der Waals surface area (Å²) in [5, 5.41) is 13.5. The Morgan fingerprint density at radius 2 is 1.94 bits per heavy atom. The first kappa shape index (κ1) is 24.1. The normalized spacial score (nSPS) is 11.7. The van der Waals surface area contributed by atoms with Gasteiger partial charge in [0.25, 0.3) is 11.6 Å². The third kappa shape index (κ3) is 6.68. The van der Waals surface area contributed by atoms with Gasteiger partial charge in [0.1, 0.15) is 18.4 Å². The molecule has 2 rings (SSSR count). The fourth-order valence-corrected chi connectivity index (χ4v) is 3.15. The molecule has 9 heteroatoms. The summed E-state index contributed by atoms with van der Waals surface area (Å²) < 4.78 is 5.69. The molecule has 0 bridgehead atoms. The van der Waals surface area contributed by atoms with Crippen molar-refractivity contribution < 1.29 is 19.2 Å². The molecule has 1 unspecified atom stereocenters. The van der Waals surface area contributed by atoms with Gasteiger partial charge in [-0.2, -0.15) is 0 Å². The van der Waals surface area contributed by atoms with Crippen molar-refractivity contribution in [3.8, 4) is 5.75 Å². The molecule has 166 valence electrons. The van der Waals surface area contributed by atoms with Gasteiger partial charge in [-0.25, -0.2) is 0 Å². The zero-order chi connectivity index (χ0) is 23.1. The highest BCUT2D eigenvalue weighted by atomic mass is 35.5. The quantitative estimate of drug-likeness (QED) is 0.464. The molecule has 2 amide bonds. The number of aryl methyl sites for hydroxylation is 1. The average molecular weight is 448 g/mol. The van der Waals surface area contributed by atoms with E-state index < -0.39 is 16.9 Å². The fraction of sp³-hybridized carbons (Fsp3) is 0.364. The van der Waals surface area contributed by atoms with E-state index in [1.54, 1.807) is 7.05 Å². The lowest BCUT2D eigenvalue weighted by Gasteiger charge is -2.27. The molecule has 0 fully saturated rings. The summed E-state index contributed by atoms with van der Waals surface area (Å²) in [7, 11) is 1.64. The largest absolute Gasteiger partial charge is 0.492 e. The second-order valence-corrected chi connectivity index (χ2v) is 7.95. The standard InChI is InChI=1S/C22H26ClN3O5/c1-14(2)20(24-21(27)18-9-8-16(26(29)30)13-19(18)23)22(28)25(4)10-11-31-17-7-5-6-15(3)12-17/h5-9,12-14,20H,10-11H2,1-4H3,(H,24,27). The zero-order valence-electron chi connectivity index (χ0n) is 17.9. The molecular formula is C22H26ClN3O5. The Bertz CT molecular complexity index is 964. The number of non-ortho nitro benzene ring substituents is 1. The maximum absolute atomic E-state index is 12.9. The Hall–Kier alpha value is -3.13. The minimum absolute atomic E-state index is 0.0541. The van der Waals surface area contributed by atoms with E-state index in [2.05, 4.69) is 5.32 Å². The van der Waals surface area contributed by atoms with Crippen LogP contribution in [0.5, 0.6) is 5.75 Å². The van der Waals surface area contributed by atoms with Crippen LogP contribution < -0.4 is 10.1 Å². The topological polar surface area (TPSA) is 102 Å². The van der Waals surface area contributed by atoms with Crippen molar-refractivity contribution in [2.24, 2.45) is 5.92 Å². The van der Waals surface area contributed by atoms with Crippen LogP contribution in [0.1, 0.15) is 29.8 Å². The van der Waals surface area contributed by atoms with E-state index in [-0.39, 0.29) is 28.1 Å². The van der Waals surface area contributed by atoms with Crippen molar-refractivity contribution in [1.82, 2.24) is 10.2 Å². The number of carbonyl (C=O) groups excluding carboxylic acids is 2. The predicted octanol–water partition coefficient (Wildman–Crippen LogP) is 3.85. The summed E-state index contributed by atoms with van der Waals surface area (Å²) in [6.45, 7) is 6.24. The fourth-order valence-electron chi connectivity index (χ4n) is 2.89. The second kappa shape index (κ2) is 10.8. The number of rotatable bonds is 9. The Labute approximate surface area is 186 Å². The molecule has 0 saturated carbocycles. The lowest BCUT2D eigenvalue weighted by atomic mass is 10.0. The van der Waals surface area contributed by atoms with Crippen LogP contribution in [-0.2, 0) is 4.79 Å². The first-order valence-corrected chi connectivity index (χ1v) is 10.2. The number of nitrogens with one attached hydrogen (secondary N) is 1. The van der Waals surface area contributed by atoms with Gasteiger partial charge in [-0.05, 0) is 36.6 Å². The van der Waals surface area contributed by atoms with E-state index in [1.807, 2.05) is 45.0 Å². The van der Waals surface area contributed by atoms with E-state index in [9.17, 15) is 19.7 Å². The number of halogens is 1. The van der Waals surface area contributed by atoms with E-state index in [1.165, 1.54) is 17.0 Å². The van der Waals surface area contributed by atoms with Crippen LogP contribution in [0.15, 0.2) is 42.5 Å². The van der Waals surface area contributed by atoms with E-state index >= 15 is 0 Å². The van der Waals surface area contributed by atoms with E-state index in [0.717, 1.165) is 17.4 Å². The second-order valence-electron chi connectivity index (χ2n) is 7.54. The van der Waals surface area contributed by atoms with Gasteiger partial charge in [0.15, 0.2) is 0 Å². The molecule has 8 nitrogen and oxygen atoms in total. The first-order chi connectivity index (χ1) is 14.6. The van der Waals surface area contributed by atoms with Crippen molar-refractivity contribution in [2.45, 2.75) is 26.8 Å². The number of amides is 2. The molecule has 0 aliphatic heterocycles. The number of nitro groups is 1. The van der Waals surface area contributed by atoms with E-state index in [0.29, 0.717) is 13.2 Å². The van der Waals surface area contributed by atoms with Gasteiger partial charge in [0.2, 0.25) is 5.91 Å². The van der Waals surface area contributed by atoms with Gasteiger partial charge < -0.3 is 15.0 Å². The van der Waals surface area contributed by atoms with Gasteiger partial charge in [0.05, 0.1) is 22.1 Å². The molecule has 0 aliphatic carbocycles. The minimum Gasteiger partial charge on any atom is -0.492 e. The molecule has 0 aromatic heterocycles. The number of likely N-dealkylation sites (N-methyl/N-ethyl adjacent to an activating group) is 1. The van der Waals surface area contributed by atoms with Gasteiger partial charge >= 0.3 is 0 Å². The van der Waals surface area contributed by atoms with Crippen molar-refractivity contribution in [1.29, 1.82) is 0 Å². The molecule has 1 atom stereocenters. The Morgan fingerprint density at radius 3 is 2.52 bits per heavy atom. The lowest BCUT2D eigenvalue weighted by molar-refractivity contribution is -0.384. The van der Waals surface area contributed by atoms with Gasteiger partial charge in [-0.15, -0.1) is 0 Å². The molecular weight excluding hydrogens is 422 g/mol. The molecule has 0 radical (unpaired) electrons. The molecule has 0 saturated heterocycles. The maximum Gasteiger partial charge on any atom is 0.270 e. The van der Waals surface area contributed by atoms with Crippen molar-refractivity contribution >= 4 is 29.1 Å². The molecule has 0 heterocycles. The van der Waals surface area contributed by atoms with E-state index in [4.69, 9.17) is 16.3 Å². The Balaban J connectivity index is 2.01. The predicted molar refractivity (Wildman–Crippen MR) is 119 cm³/mol. The number of carbonyl (C=O) groups is 2. The molecule has 0 aliphatic rings. The number of nitrogens with zero attached hydrogens (tertiary/aromatic N) is 2. The third-order valence-electron chi connectivity index (χ3n) is 4.69. The maximum atomic E-state index is 12.9. The summed E-state index contributed by atoms with van der Waals surface area (Å²) in [6.07, 6.45) is 0. The van der Waals surface area contributed by atoms with Crippen LogP contribution in [0.4, 0.5) is 5.69 Å². The van der Waals surface area contributed by atoms with Crippen LogP contribution in [0.3, 0.4) is 0 Å². The highest BCUT2D eigenvalue weighted by Crippen LogP contribution is 2.23. The highest BCUT2D eigenvalue weighted by molar-refractivity contribution is 6.34. The van der Waals surface area contributed by atoms with Crippen LogP contribution in [-0.4, -0.2) is 47.9 Å². The highest BCUT2D eigenvalue weighted by Gasteiger charge is 2.28. The van der Waals surface area contributed by atoms with Crippen LogP contribution >= 0.6 is 11.6 Å². The van der Waals surface area contributed by atoms with Crippen molar-refractivity contribution in [3.63, 3.8) is 0 Å². The van der Waals surface area contributed by atoms with Crippen LogP contribution in [0.25, 0.3) is 0 Å². The molecule has 2 aromatic carbocycles. The van der Waals surface area contributed by atoms with Crippen molar-refractivity contribution in [2.75, 3.05) is 20.2 Å². The summed E-state index contributed by atoms with van der Waals surface area (Å²) in [5.41, 5.74) is 0.928. The Kier molecular flexibility index (Phi) is 8.38. The molecule has 1 N–H and O–H groups in total. The SMILES string of the molecule is Cc1cccc(OCCN(C)C(=O)C(NC(=O)c2ccc([N+](=O)[O-])cc2Cl)C(C)C)c1. The average Bonchev–Trinajstić information content (AvgIpc) is 2.70. The molecule has 2 aromatic rings. The van der Waals surface area contributed by atoms with Gasteiger partial charge in [0, 0.05) is 19.2 Å². The third-order valence-corrected chi connectivity index (χ3v) is 5.00. The van der Waals surface area contributed by atoms with Crippen LogP contribution in [0.2, 0.25) is 5.02 Å². The number of benzene rings is 2. The van der Waals surface area contributed by atoms with Gasteiger partial charge in [-0.3, -0.25) is 19.7 Å². The monoisotopic (exact) mass is 447 g/mol. The smallest absolute Gasteiger partial charge is 0.270 e. The van der Waals surface area contributed by atoms with Crippen LogP contribution in [0, 0.1) is 23.0 Å². The molecule has 0 spiro atoms. The lowest BCUT2D eigenvalue weighted by Crippen LogP contribution is -2.50. The number of hydrogen-bond donors (Lipinski definition) is 1. The molecule has 31 heavy (non-hydrogen) atoms. The first-order valence-electron chi connectivity index (χ1n) is 9.79. The summed E-state index contributed by atoms with van der Waals surface area (Å²) in [6, 6.07) is 10.4. The number of nitro benzene ring substituents is 1. The minimum atomic E-state index is -0.789. The summed E-state index contributed by atoms with van der Waals surface area (Å²) >= 11 is 6.03. The Morgan fingerprint density at radius 1 is 1.23 bits per heavy atom. The summed E-state index contributed by atoms with van der Waals surface area (Å²) in [4.78, 5) is 37.3. The number of hydrogen-bond acceptors (Lipinski definition) is 5. The number of ether oxygens (including phenoxy) is 1. The summed E-state index contributed by atoms with van der Waals surface area (Å²) in [5.74, 6) is -0.304.